The highest BCUT2D eigenvalue weighted by molar-refractivity contribution is 14.1. The van der Waals surface area contributed by atoms with Crippen LogP contribution in [-0.4, -0.2) is 11.0 Å². The van der Waals surface area contributed by atoms with Crippen molar-refractivity contribution in [2.45, 2.75) is 0 Å². The third-order valence-corrected chi connectivity index (χ3v) is 2.86. The average Bonchev–Trinajstić information content (AvgIpc) is 2.29. The van der Waals surface area contributed by atoms with Gasteiger partial charge in [-0.25, -0.2) is 0 Å². The fraction of sp³-hybridized carbons (Fsp3) is 0. The van der Waals surface area contributed by atoms with Gasteiger partial charge in [-0.1, -0.05) is 12.1 Å². The monoisotopic (exact) mass is 339 g/mol. The van der Waals surface area contributed by atoms with Gasteiger partial charge < -0.3 is 10.4 Å². The number of phenolic OH excluding ortho intramolecular Hbond substituents is 1. The maximum absolute atomic E-state index is 11.9. The number of carbonyl (C=O) groups excluding carboxylic acids is 1. The second-order valence-corrected chi connectivity index (χ2v) is 4.76. The Morgan fingerprint density at radius 3 is 2.59 bits per heavy atom. The van der Waals surface area contributed by atoms with Crippen molar-refractivity contribution in [3.05, 3.63) is 57.7 Å². The number of halogens is 1. The van der Waals surface area contributed by atoms with Gasteiger partial charge in [-0.15, -0.1) is 0 Å². The van der Waals surface area contributed by atoms with Crippen LogP contribution in [0.15, 0.2) is 48.5 Å². The zero-order valence-electron chi connectivity index (χ0n) is 8.85. The SMILES string of the molecule is O=C(Nc1cccc(I)c1)c1cccc(O)c1. The van der Waals surface area contributed by atoms with E-state index in [-0.39, 0.29) is 11.7 Å². The molecule has 2 rings (SSSR count). The molecular formula is C13H10INO2. The van der Waals surface area contributed by atoms with E-state index in [1.165, 1.54) is 12.1 Å². The summed E-state index contributed by atoms with van der Waals surface area (Å²) in [7, 11) is 0. The van der Waals surface area contributed by atoms with E-state index in [1.807, 2.05) is 24.3 Å². The maximum Gasteiger partial charge on any atom is 0.255 e. The van der Waals surface area contributed by atoms with E-state index in [0.717, 1.165) is 9.26 Å². The predicted octanol–water partition coefficient (Wildman–Crippen LogP) is 3.25. The lowest BCUT2D eigenvalue weighted by molar-refractivity contribution is 0.102. The predicted molar refractivity (Wildman–Crippen MR) is 75.2 cm³/mol. The van der Waals surface area contributed by atoms with Crippen molar-refractivity contribution in [1.82, 2.24) is 0 Å². The molecule has 0 aliphatic rings. The number of aromatic hydroxyl groups is 1. The quantitative estimate of drug-likeness (QED) is 0.826. The number of hydrogen-bond donors (Lipinski definition) is 2. The van der Waals surface area contributed by atoms with E-state index in [2.05, 4.69) is 27.9 Å². The zero-order chi connectivity index (χ0) is 12.3. The molecule has 2 aromatic carbocycles. The van der Waals surface area contributed by atoms with E-state index < -0.39 is 0 Å². The van der Waals surface area contributed by atoms with Gasteiger partial charge in [0.25, 0.3) is 5.91 Å². The molecule has 0 aliphatic heterocycles. The van der Waals surface area contributed by atoms with Crippen molar-refractivity contribution in [1.29, 1.82) is 0 Å². The summed E-state index contributed by atoms with van der Waals surface area (Å²) >= 11 is 2.18. The molecule has 0 fully saturated rings. The van der Waals surface area contributed by atoms with Crippen molar-refractivity contribution in [2.75, 3.05) is 5.32 Å². The number of phenols is 1. The largest absolute Gasteiger partial charge is 0.508 e. The summed E-state index contributed by atoms with van der Waals surface area (Å²) in [4.78, 5) is 11.9. The molecule has 86 valence electrons. The Hall–Kier alpha value is -1.56. The van der Waals surface area contributed by atoms with Crippen LogP contribution >= 0.6 is 22.6 Å². The fourth-order valence-corrected chi connectivity index (χ4v) is 1.96. The molecule has 4 heteroatoms. The smallest absolute Gasteiger partial charge is 0.255 e. The first kappa shape index (κ1) is 11.9. The number of hydrogen-bond acceptors (Lipinski definition) is 2. The number of amides is 1. The molecule has 3 nitrogen and oxygen atoms in total. The molecule has 0 heterocycles. The fourth-order valence-electron chi connectivity index (χ4n) is 1.42. The highest BCUT2D eigenvalue weighted by atomic mass is 127. The van der Waals surface area contributed by atoms with Crippen LogP contribution in [0.2, 0.25) is 0 Å². The summed E-state index contributed by atoms with van der Waals surface area (Å²) in [5.74, 6) is -0.150. The Morgan fingerprint density at radius 1 is 1.12 bits per heavy atom. The summed E-state index contributed by atoms with van der Waals surface area (Å²) in [6, 6.07) is 13.8. The van der Waals surface area contributed by atoms with E-state index in [4.69, 9.17) is 0 Å². The van der Waals surface area contributed by atoms with Crippen molar-refractivity contribution >= 4 is 34.2 Å². The van der Waals surface area contributed by atoms with E-state index >= 15 is 0 Å². The second kappa shape index (κ2) is 5.18. The molecule has 0 saturated carbocycles. The highest BCUT2D eigenvalue weighted by Crippen LogP contribution is 2.15. The van der Waals surface area contributed by atoms with E-state index in [9.17, 15) is 9.90 Å². The van der Waals surface area contributed by atoms with Gasteiger partial charge in [-0.2, -0.15) is 0 Å². The molecule has 0 bridgehead atoms. The molecule has 0 radical (unpaired) electrons. The van der Waals surface area contributed by atoms with Gasteiger partial charge in [0.1, 0.15) is 5.75 Å². The number of nitrogens with one attached hydrogen (secondary N) is 1. The first-order valence-electron chi connectivity index (χ1n) is 5.01. The van der Waals surface area contributed by atoms with Gasteiger partial charge in [0.2, 0.25) is 0 Å². The second-order valence-electron chi connectivity index (χ2n) is 3.51. The Bertz CT molecular complexity index is 555. The third-order valence-electron chi connectivity index (χ3n) is 2.19. The molecule has 2 aromatic rings. The minimum absolute atomic E-state index is 0.0836. The summed E-state index contributed by atoms with van der Waals surface area (Å²) in [6.45, 7) is 0. The van der Waals surface area contributed by atoms with Crippen LogP contribution in [0.1, 0.15) is 10.4 Å². The van der Waals surface area contributed by atoms with Crippen molar-refractivity contribution in [3.63, 3.8) is 0 Å². The summed E-state index contributed by atoms with van der Waals surface area (Å²) in [5, 5.41) is 12.1. The first-order valence-corrected chi connectivity index (χ1v) is 6.09. The number of carbonyl (C=O) groups is 1. The standard InChI is InChI=1S/C13H10INO2/c14-10-4-2-5-11(8-10)15-13(17)9-3-1-6-12(16)7-9/h1-8,16H,(H,15,17). The molecule has 0 unspecified atom stereocenters. The Morgan fingerprint density at radius 2 is 1.88 bits per heavy atom. The minimum Gasteiger partial charge on any atom is -0.508 e. The van der Waals surface area contributed by atoms with Crippen molar-refractivity contribution < 1.29 is 9.90 Å². The van der Waals surface area contributed by atoms with Gasteiger partial charge in [0.15, 0.2) is 0 Å². The lowest BCUT2D eigenvalue weighted by Gasteiger charge is -2.05. The molecule has 0 spiro atoms. The summed E-state index contributed by atoms with van der Waals surface area (Å²) in [6.07, 6.45) is 0. The lowest BCUT2D eigenvalue weighted by Crippen LogP contribution is -2.11. The molecule has 0 atom stereocenters. The van der Waals surface area contributed by atoms with Crippen LogP contribution in [0.3, 0.4) is 0 Å². The summed E-state index contributed by atoms with van der Waals surface area (Å²) in [5.41, 5.74) is 1.18. The molecule has 0 aromatic heterocycles. The van der Waals surface area contributed by atoms with Crippen LogP contribution in [-0.2, 0) is 0 Å². The molecule has 0 saturated heterocycles. The molecule has 1 amide bonds. The van der Waals surface area contributed by atoms with Crippen molar-refractivity contribution in [2.24, 2.45) is 0 Å². The zero-order valence-corrected chi connectivity index (χ0v) is 11.0. The topological polar surface area (TPSA) is 49.3 Å². The highest BCUT2D eigenvalue weighted by Gasteiger charge is 2.06. The minimum atomic E-state index is -0.233. The van der Waals surface area contributed by atoms with Crippen LogP contribution in [0, 0.1) is 3.57 Å². The van der Waals surface area contributed by atoms with Gasteiger partial charge in [-0.05, 0) is 59.0 Å². The Kier molecular flexibility index (Phi) is 3.63. The Labute approximate surface area is 113 Å². The third kappa shape index (κ3) is 3.20. The maximum atomic E-state index is 11.9. The summed E-state index contributed by atoms with van der Waals surface area (Å²) < 4.78 is 1.05. The van der Waals surface area contributed by atoms with E-state index in [0.29, 0.717) is 5.56 Å². The first-order chi connectivity index (χ1) is 8.15. The Balaban J connectivity index is 2.17. The number of benzene rings is 2. The van der Waals surface area contributed by atoms with Gasteiger partial charge in [0, 0.05) is 14.8 Å². The number of anilines is 1. The molecule has 0 aliphatic carbocycles. The molecule has 17 heavy (non-hydrogen) atoms. The van der Waals surface area contributed by atoms with Gasteiger partial charge in [0.05, 0.1) is 0 Å². The molecule has 2 N–H and O–H groups in total. The average molecular weight is 339 g/mol. The van der Waals surface area contributed by atoms with Crippen LogP contribution in [0.4, 0.5) is 5.69 Å². The lowest BCUT2D eigenvalue weighted by atomic mass is 10.2. The van der Waals surface area contributed by atoms with Crippen LogP contribution in [0.5, 0.6) is 5.75 Å². The molecular weight excluding hydrogens is 329 g/mol. The van der Waals surface area contributed by atoms with Gasteiger partial charge in [-0.3, -0.25) is 4.79 Å². The van der Waals surface area contributed by atoms with Crippen LogP contribution < -0.4 is 5.32 Å². The van der Waals surface area contributed by atoms with Crippen LogP contribution in [0.25, 0.3) is 0 Å². The normalized spacial score (nSPS) is 9.94. The number of rotatable bonds is 2. The van der Waals surface area contributed by atoms with Crippen molar-refractivity contribution in [3.8, 4) is 5.75 Å². The van der Waals surface area contributed by atoms with E-state index in [1.54, 1.807) is 12.1 Å². The van der Waals surface area contributed by atoms with Gasteiger partial charge >= 0.3 is 0 Å².